The van der Waals surface area contributed by atoms with E-state index < -0.39 is 73.1 Å². The largest absolute Gasteiger partial charge is 0.497 e. The number of carbonyl (C=O) groups is 3. The third kappa shape index (κ3) is 11.3. The summed E-state index contributed by atoms with van der Waals surface area (Å²) in [5.41, 5.74) is 13.9. The molecule has 0 spiro atoms. The van der Waals surface area contributed by atoms with E-state index in [2.05, 4.69) is 41.1 Å². The van der Waals surface area contributed by atoms with Crippen molar-refractivity contribution in [3.8, 4) is 11.5 Å². The van der Waals surface area contributed by atoms with Gasteiger partial charge >= 0.3 is 0 Å². The van der Waals surface area contributed by atoms with Crippen LogP contribution < -0.4 is 31.2 Å². The number of primary amides is 1. The molecule has 4 heterocycles. The molecule has 0 radical (unpaired) electrons. The molecule has 3 saturated heterocycles. The molecule has 10 atom stereocenters. The lowest BCUT2D eigenvalue weighted by Gasteiger charge is -2.38. The lowest BCUT2D eigenvalue weighted by Crippen LogP contribution is -2.59. The van der Waals surface area contributed by atoms with E-state index in [1.165, 1.54) is 17.2 Å². The second kappa shape index (κ2) is 21.0. The number of carbonyl (C=O) groups excluding carboxylic acids is 3. The third-order valence-electron chi connectivity index (χ3n) is 11.8. The number of nitrogens with two attached hydrogens (primary N) is 2. The topological polar surface area (TPSA) is 252 Å². The Labute approximate surface area is 355 Å². The number of likely N-dealkylation sites (N-methyl/N-ethyl adjacent to an activating group) is 1. The summed E-state index contributed by atoms with van der Waals surface area (Å²) in [6, 6.07) is 14.7. The molecular formula is C43H60N6O12. The van der Waals surface area contributed by atoms with Gasteiger partial charge in [0.15, 0.2) is 12.5 Å². The van der Waals surface area contributed by atoms with Gasteiger partial charge in [0.2, 0.25) is 5.91 Å². The van der Waals surface area contributed by atoms with Gasteiger partial charge in [-0.05, 0) is 74.8 Å². The number of ether oxygens (including phenoxy) is 5. The number of unbranched alkanes of at least 4 members (excludes halogenated alkanes) is 1. The molecule has 2 amide bonds. The summed E-state index contributed by atoms with van der Waals surface area (Å²) in [5, 5.41) is 46.1. The predicted octanol–water partition coefficient (Wildman–Crippen LogP) is -0.145. The van der Waals surface area contributed by atoms with E-state index in [0.29, 0.717) is 32.1 Å². The number of aliphatic hydroxyl groups is 4. The van der Waals surface area contributed by atoms with Gasteiger partial charge in [0.25, 0.3) is 5.91 Å². The number of hydrogen-bond acceptors (Lipinski definition) is 16. The van der Waals surface area contributed by atoms with Crippen LogP contribution in [0.1, 0.15) is 44.1 Å². The van der Waals surface area contributed by atoms with Crippen LogP contribution in [0, 0.1) is 0 Å². The number of piperidine rings is 1. The van der Waals surface area contributed by atoms with Crippen molar-refractivity contribution in [1.29, 1.82) is 0 Å². The summed E-state index contributed by atoms with van der Waals surface area (Å²) in [5.74, 6) is 0.487. The second-order valence-electron chi connectivity index (χ2n) is 16.0. The number of anilines is 1. The lowest BCUT2D eigenvalue weighted by atomic mass is 9.97. The summed E-state index contributed by atoms with van der Waals surface area (Å²) < 4.78 is 29.3. The SMILES string of the molecule is C=C1NC(=O)C=CN1[C@@H]1O[C@H]([C@@H](O[C@@H]2O[C@H](CN)[C@@H](O)[C@H]2O)[C@@H](C(N)=O)N(C)CCCCC(=O)CCc2ccc(N3CCC(Oc4ccc(OC)cc4)CC3)cc2)[C@H](O)C1O. The second-order valence-corrected chi connectivity index (χ2v) is 16.0. The highest BCUT2D eigenvalue weighted by Gasteiger charge is 2.55. The third-order valence-corrected chi connectivity index (χ3v) is 11.8. The number of aliphatic hydroxyl groups excluding tert-OH is 4. The van der Waals surface area contributed by atoms with Gasteiger partial charge in [-0.3, -0.25) is 19.3 Å². The first-order chi connectivity index (χ1) is 29.3. The quantitative estimate of drug-likeness (QED) is 0.0856. The molecule has 4 aliphatic heterocycles. The Morgan fingerprint density at radius 3 is 2.26 bits per heavy atom. The Morgan fingerprint density at radius 2 is 1.64 bits per heavy atom. The molecule has 334 valence electrons. The monoisotopic (exact) mass is 852 g/mol. The first kappa shape index (κ1) is 45.9. The van der Waals surface area contributed by atoms with Crippen molar-refractivity contribution in [3.05, 3.63) is 78.8 Å². The number of rotatable bonds is 20. The van der Waals surface area contributed by atoms with Crippen LogP contribution in [0.25, 0.3) is 0 Å². The van der Waals surface area contributed by atoms with Crippen molar-refractivity contribution >= 4 is 23.3 Å². The summed E-state index contributed by atoms with van der Waals surface area (Å²) in [4.78, 5) is 43.2. The average Bonchev–Trinajstić information content (AvgIpc) is 3.70. The van der Waals surface area contributed by atoms with Crippen LogP contribution in [0.2, 0.25) is 0 Å². The van der Waals surface area contributed by atoms with Crippen LogP contribution in [0.5, 0.6) is 11.5 Å². The van der Waals surface area contributed by atoms with E-state index in [0.717, 1.165) is 48.7 Å². The molecule has 6 rings (SSSR count). The van der Waals surface area contributed by atoms with Crippen LogP contribution >= 0.6 is 0 Å². The maximum absolute atomic E-state index is 13.2. The van der Waals surface area contributed by atoms with Gasteiger partial charge < -0.3 is 70.7 Å². The van der Waals surface area contributed by atoms with E-state index >= 15 is 0 Å². The summed E-state index contributed by atoms with van der Waals surface area (Å²) in [7, 11) is 3.25. The first-order valence-corrected chi connectivity index (χ1v) is 20.8. The van der Waals surface area contributed by atoms with Crippen molar-refractivity contribution in [2.45, 2.75) is 112 Å². The Hall–Kier alpha value is -4.63. The van der Waals surface area contributed by atoms with Gasteiger partial charge in [0.1, 0.15) is 78.0 Å². The van der Waals surface area contributed by atoms with E-state index in [1.54, 1.807) is 19.1 Å². The van der Waals surface area contributed by atoms with E-state index in [-0.39, 0.29) is 30.8 Å². The van der Waals surface area contributed by atoms with Gasteiger partial charge in [0, 0.05) is 63.3 Å². The molecule has 18 nitrogen and oxygen atoms in total. The molecule has 61 heavy (non-hydrogen) atoms. The number of benzene rings is 2. The van der Waals surface area contributed by atoms with Crippen LogP contribution in [-0.2, 0) is 35.0 Å². The molecule has 3 fully saturated rings. The molecule has 0 aromatic heterocycles. The maximum Gasteiger partial charge on any atom is 0.250 e. The normalized spacial score (nSPS) is 27.9. The van der Waals surface area contributed by atoms with Crippen molar-refractivity contribution in [2.24, 2.45) is 11.5 Å². The van der Waals surface area contributed by atoms with Crippen molar-refractivity contribution in [3.63, 3.8) is 0 Å². The molecule has 4 aliphatic rings. The number of nitrogens with zero attached hydrogens (tertiary/aromatic N) is 3. The van der Waals surface area contributed by atoms with Crippen LogP contribution in [0.3, 0.4) is 0 Å². The molecule has 0 saturated carbocycles. The van der Waals surface area contributed by atoms with Crippen LogP contribution in [-0.4, -0.2) is 156 Å². The standard InChI is InChI=1S/C43H60N6O12/c1-25-46-33(51)19-23-49(25)42-37(54)36(53)40(60-42)39(61-43-38(55)35(52)32(24-44)59-43)34(41(45)56)47(2)20-5-4-6-28(50)12-9-26-7-10-27(11-8-26)48-21-17-31(18-22-48)58-30-15-13-29(57-3)14-16-30/h7-8,10-11,13-16,19,23,31-32,34-40,42-43,52-55H,1,4-6,9,12,17-18,20-22,24,44H2,2-3H3,(H2,45,56)(H,46,51)/t32-,34+,35-,36-,37?,38-,39+,40+,42-,43+/m1/s1. The molecular weight excluding hydrogens is 793 g/mol. The van der Waals surface area contributed by atoms with Crippen LogP contribution in [0.4, 0.5) is 5.69 Å². The molecule has 2 aromatic rings. The molecule has 2 aromatic carbocycles. The van der Waals surface area contributed by atoms with Gasteiger partial charge in [-0.25, -0.2) is 0 Å². The minimum Gasteiger partial charge on any atom is -0.497 e. The van der Waals surface area contributed by atoms with Gasteiger partial charge in [-0.1, -0.05) is 18.7 Å². The predicted molar refractivity (Wildman–Crippen MR) is 222 cm³/mol. The first-order valence-electron chi connectivity index (χ1n) is 20.8. The fourth-order valence-corrected chi connectivity index (χ4v) is 8.23. The number of methoxy groups -OCH3 is 1. The Balaban J connectivity index is 0.990. The minimum absolute atomic E-state index is 0.0707. The summed E-state index contributed by atoms with van der Waals surface area (Å²) in [6.45, 7) is 5.67. The zero-order chi connectivity index (χ0) is 43.8. The maximum atomic E-state index is 13.2. The number of Topliss-reactive ketones (excluding diaryl/α,β-unsaturated/α-hetero) is 1. The van der Waals surface area contributed by atoms with Gasteiger partial charge in [-0.2, -0.15) is 0 Å². The molecule has 0 aliphatic carbocycles. The highest BCUT2D eigenvalue weighted by atomic mass is 16.7. The number of hydrogen-bond donors (Lipinski definition) is 7. The van der Waals surface area contributed by atoms with Gasteiger partial charge in [-0.15, -0.1) is 0 Å². The number of amides is 2. The summed E-state index contributed by atoms with van der Waals surface area (Å²) in [6.07, 6.45) is -6.07. The number of aryl methyl sites for hydroxylation is 1. The zero-order valence-corrected chi connectivity index (χ0v) is 34.7. The van der Waals surface area contributed by atoms with Crippen LogP contribution in [0.15, 0.2) is 73.2 Å². The minimum atomic E-state index is -1.66. The fourth-order valence-electron chi connectivity index (χ4n) is 8.23. The smallest absolute Gasteiger partial charge is 0.250 e. The number of nitrogens with one attached hydrogen (secondary N) is 1. The highest BCUT2D eigenvalue weighted by Crippen LogP contribution is 2.34. The van der Waals surface area contributed by atoms with E-state index in [1.807, 2.05) is 24.3 Å². The summed E-state index contributed by atoms with van der Waals surface area (Å²) >= 11 is 0. The zero-order valence-electron chi connectivity index (χ0n) is 34.7. The Bertz CT molecular complexity index is 1830. The van der Waals surface area contributed by atoms with E-state index in [9.17, 15) is 34.8 Å². The average molecular weight is 853 g/mol. The lowest BCUT2D eigenvalue weighted by molar-refractivity contribution is -0.232. The Morgan fingerprint density at radius 1 is 0.951 bits per heavy atom. The van der Waals surface area contributed by atoms with E-state index in [4.69, 9.17) is 35.2 Å². The van der Waals surface area contributed by atoms with Crippen molar-refractivity contribution < 1.29 is 58.5 Å². The molecule has 1 unspecified atom stereocenters. The Kier molecular flexibility index (Phi) is 15.8. The van der Waals surface area contributed by atoms with Crippen molar-refractivity contribution in [2.75, 3.05) is 45.2 Å². The fraction of sp³-hybridized carbons (Fsp3) is 0.558. The molecule has 0 bridgehead atoms. The molecule has 9 N–H and O–H groups in total. The number of ketones is 1. The van der Waals surface area contributed by atoms with Gasteiger partial charge in [0.05, 0.1) is 7.11 Å². The highest BCUT2D eigenvalue weighted by molar-refractivity contribution is 5.89. The molecule has 18 heteroatoms. The van der Waals surface area contributed by atoms with Crippen molar-refractivity contribution in [1.82, 2.24) is 15.1 Å².